The van der Waals surface area contributed by atoms with Crippen LogP contribution >= 0.6 is 43.5 Å². The molecule has 0 unspecified atom stereocenters. The second-order valence-corrected chi connectivity index (χ2v) is 9.25. The monoisotopic (exact) mass is 543 g/mol. The van der Waals surface area contributed by atoms with Crippen LogP contribution in [0.25, 0.3) is 10.8 Å². The zero-order valence-corrected chi connectivity index (χ0v) is 20.3. The molecule has 1 N–H and O–H groups in total. The molecule has 4 rings (SSSR count). The largest absolute Gasteiger partial charge is 0.487 e. The molecule has 30 heavy (non-hydrogen) atoms. The normalized spacial score (nSPS) is 10.9. The number of fused-ring (bicyclic) bond motifs is 1. The Morgan fingerprint density at radius 1 is 0.900 bits per heavy atom. The maximum Gasteiger partial charge on any atom is 0.139 e. The third-order valence-corrected chi connectivity index (χ3v) is 6.53. The van der Waals surface area contributed by atoms with Crippen LogP contribution in [0, 0.1) is 6.92 Å². The van der Waals surface area contributed by atoms with Gasteiger partial charge < -0.3 is 10.1 Å². The van der Waals surface area contributed by atoms with Gasteiger partial charge in [0.2, 0.25) is 0 Å². The van der Waals surface area contributed by atoms with Gasteiger partial charge >= 0.3 is 0 Å². The zero-order valence-electron chi connectivity index (χ0n) is 16.4. The summed E-state index contributed by atoms with van der Waals surface area (Å²) in [7, 11) is 0. The minimum Gasteiger partial charge on any atom is -0.487 e. The molecule has 4 aromatic carbocycles. The molecule has 0 aliphatic carbocycles. The van der Waals surface area contributed by atoms with Gasteiger partial charge in [0.15, 0.2) is 0 Å². The molecule has 0 radical (unpaired) electrons. The minimum absolute atomic E-state index is 0.491. The topological polar surface area (TPSA) is 21.3 Å². The lowest BCUT2D eigenvalue weighted by atomic mass is 10.1. The Kier molecular flexibility index (Phi) is 6.67. The van der Waals surface area contributed by atoms with Crippen LogP contribution in [0.4, 0.5) is 5.69 Å². The molecular weight excluding hydrogens is 526 g/mol. The summed E-state index contributed by atoms with van der Waals surface area (Å²) in [6, 6.07) is 24.6. The second kappa shape index (κ2) is 9.42. The zero-order chi connectivity index (χ0) is 21.1. The van der Waals surface area contributed by atoms with Crippen molar-refractivity contribution < 1.29 is 4.74 Å². The Bertz CT molecular complexity index is 1200. The highest BCUT2D eigenvalue weighted by Gasteiger charge is 2.12. The molecule has 0 aliphatic heterocycles. The van der Waals surface area contributed by atoms with Crippen LogP contribution < -0.4 is 10.1 Å². The van der Waals surface area contributed by atoms with Crippen LogP contribution in [0.5, 0.6) is 5.75 Å². The summed E-state index contributed by atoms with van der Waals surface area (Å²) >= 11 is 13.5. The first kappa shape index (κ1) is 21.2. The van der Waals surface area contributed by atoms with Gasteiger partial charge in [0.1, 0.15) is 12.4 Å². The number of halogens is 3. The van der Waals surface area contributed by atoms with Gasteiger partial charge in [0.25, 0.3) is 0 Å². The number of hydrogen-bond donors (Lipinski definition) is 1. The summed E-state index contributed by atoms with van der Waals surface area (Å²) in [4.78, 5) is 0. The Hall–Kier alpha value is -2.01. The van der Waals surface area contributed by atoms with Crippen LogP contribution in [0.2, 0.25) is 5.02 Å². The van der Waals surface area contributed by atoms with Gasteiger partial charge in [0.05, 0.1) is 4.47 Å². The van der Waals surface area contributed by atoms with Crippen LogP contribution in [-0.4, -0.2) is 0 Å². The molecule has 0 heterocycles. The second-order valence-electron chi connectivity index (χ2n) is 7.07. The van der Waals surface area contributed by atoms with Gasteiger partial charge in [-0.05, 0) is 69.0 Å². The average molecular weight is 546 g/mol. The van der Waals surface area contributed by atoms with Gasteiger partial charge in [-0.3, -0.25) is 0 Å². The molecule has 152 valence electrons. The third-order valence-electron chi connectivity index (χ3n) is 5.07. The van der Waals surface area contributed by atoms with Gasteiger partial charge in [-0.15, -0.1) is 0 Å². The lowest BCUT2D eigenvalue weighted by molar-refractivity contribution is 0.302. The predicted molar refractivity (Wildman–Crippen MR) is 134 cm³/mol. The Balaban J connectivity index is 1.59. The van der Waals surface area contributed by atoms with E-state index in [1.54, 1.807) is 0 Å². The summed E-state index contributed by atoms with van der Waals surface area (Å²) in [6.45, 7) is 3.12. The summed E-state index contributed by atoms with van der Waals surface area (Å²) in [6.07, 6.45) is 0. The first-order chi connectivity index (χ1) is 14.5. The molecule has 0 bridgehead atoms. The van der Waals surface area contributed by atoms with Crippen molar-refractivity contribution in [1.29, 1.82) is 0 Å². The molecule has 0 fully saturated rings. The highest BCUT2D eigenvalue weighted by molar-refractivity contribution is 9.11. The first-order valence-electron chi connectivity index (χ1n) is 9.59. The highest BCUT2D eigenvalue weighted by Crippen LogP contribution is 2.35. The van der Waals surface area contributed by atoms with Crippen molar-refractivity contribution in [2.24, 2.45) is 0 Å². The molecule has 0 aromatic heterocycles. The highest BCUT2D eigenvalue weighted by atomic mass is 79.9. The summed E-state index contributed by atoms with van der Waals surface area (Å²) in [5.41, 5.74) is 4.26. The quantitative estimate of drug-likeness (QED) is 0.262. The van der Waals surface area contributed by atoms with Crippen molar-refractivity contribution >= 4 is 59.9 Å². The van der Waals surface area contributed by atoms with Crippen molar-refractivity contribution in [1.82, 2.24) is 0 Å². The Morgan fingerprint density at radius 3 is 2.53 bits per heavy atom. The standard InChI is InChI=1S/C25H20Br2ClNO/c1-16-23(28)10-5-11-24(16)29-14-19-12-20(26)13-22(27)25(19)30-15-18-8-4-7-17-6-2-3-9-21(17)18/h2-13,29H,14-15H2,1H3. The van der Waals surface area contributed by atoms with E-state index in [9.17, 15) is 0 Å². The van der Waals surface area contributed by atoms with Gasteiger partial charge in [-0.2, -0.15) is 0 Å². The summed E-state index contributed by atoms with van der Waals surface area (Å²) < 4.78 is 8.23. The average Bonchev–Trinajstić information content (AvgIpc) is 2.74. The predicted octanol–water partition coefficient (Wildman–Crippen LogP) is 8.52. The van der Waals surface area contributed by atoms with Crippen molar-refractivity contribution in [2.45, 2.75) is 20.1 Å². The molecule has 0 amide bonds. The first-order valence-corrected chi connectivity index (χ1v) is 11.6. The SMILES string of the molecule is Cc1c(Cl)cccc1NCc1cc(Br)cc(Br)c1OCc1cccc2ccccc12. The van der Waals surface area contributed by atoms with Gasteiger partial charge in [-0.25, -0.2) is 0 Å². The van der Waals surface area contributed by atoms with Crippen molar-refractivity contribution in [3.8, 4) is 5.75 Å². The molecule has 0 saturated carbocycles. The molecule has 4 aromatic rings. The number of ether oxygens (including phenoxy) is 1. The smallest absolute Gasteiger partial charge is 0.139 e. The summed E-state index contributed by atoms with van der Waals surface area (Å²) in [5, 5.41) is 6.66. The van der Waals surface area contributed by atoms with E-state index in [1.807, 2.05) is 31.2 Å². The fourth-order valence-corrected chi connectivity index (χ4v) is 5.07. The third kappa shape index (κ3) is 4.66. The van der Waals surface area contributed by atoms with Crippen LogP contribution in [-0.2, 0) is 13.2 Å². The molecular formula is C25H20Br2ClNO. The molecule has 0 aliphatic rings. The maximum absolute atomic E-state index is 6.33. The van der Waals surface area contributed by atoms with Crippen LogP contribution in [0.3, 0.4) is 0 Å². The van der Waals surface area contributed by atoms with E-state index in [1.165, 1.54) is 10.8 Å². The van der Waals surface area contributed by atoms with Crippen LogP contribution in [0.15, 0.2) is 81.7 Å². The lowest BCUT2D eigenvalue weighted by Gasteiger charge is -2.17. The van der Waals surface area contributed by atoms with Gasteiger partial charge in [-0.1, -0.05) is 76.1 Å². The molecule has 0 saturated heterocycles. The molecule has 0 atom stereocenters. The van der Waals surface area contributed by atoms with E-state index in [0.717, 1.165) is 42.1 Å². The number of rotatable bonds is 6. The maximum atomic E-state index is 6.33. The minimum atomic E-state index is 0.491. The fraction of sp³-hybridized carbons (Fsp3) is 0.120. The summed E-state index contributed by atoms with van der Waals surface area (Å²) in [5.74, 6) is 0.832. The Morgan fingerprint density at radius 2 is 1.67 bits per heavy atom. The van der Waals surface area contributed by atoms with Crippen molar-refractivity contribution in [3.05, 3.63) is 103 Å². The number of hydrogen-bond acceptors (Lipinski definition) is 2. The van der Waals surface area contributed by atoms with Gasteiger partial charge in [0, 0.05) is 27.3 Å². The molecule has 5 heteroatoms. The van der Waals surface area contributed by atoms with Crippen molar-refractivity contribution in [2.75, 3.05) is 5.32 Å². The van der Waals surface area contributed by atoms with Crippen molar-refractivity contribution in [3.63, 3.8) is 0 Å². The molecule has 0 spiro atoms. The van der Waals surface area contributed by atoms with E-state index in [2.05, 4.69) is 85.7 Å². The number of benzene rings is 4. The lowest BCUT2D eigenvalue weighted by Crippen LogP contribution is -2.06. The fourth-order valence-electron chi connectivity index (χ4n) is 3.46. The Labute approximate surface area is 198 Å². The molecule has 2 nitrogen and oxygen atoms in total. The number of nitrogens with one attached hydrogen (secondary N) is 1. The van der Waals surface area contributed by atoms with E-state index >= 15 is 0 Å². The number of anilines is 1. The van der Waals surface area contributed by atoms with E-state index in [0.29, 0.717) is 13.2 Å². The van der Waals surface area contributed by atoms with E-state index in [-0.39, 0.29) is 0 Å². The van der Waals surface area contributed by atoms with Crippen LogP contribution in [0.1, 0.15) is 16.7 Å². The van der Waals surface area contributed by atoms with E-state index in [4.69, 9.17) is 16.3 Å². The van der Waals surface area contributed by atoms with E-state index < -0.39 is 0 Å².